The Morgan fingerprint density at radius 1 is 1.23 bits per heavy atom. The number of aromatic nitrogens is 3. The maximum atomic E-state index is 12.9. The van der Waals surface area contributed by atoms with E-state index in [1.165, 1.54) is 7.11 Å². The number of fused-ring (bicyclic) bond motifs is 2. The Kier molecular flexibility index (Phi) is 6.01. The van der Waals surface area contributed by atoms with E-state index in [0.29, 0.717) is 23.3 Å². The van der Waals surface area contributed by atoms with Crippen LogP contribution in [0.4, 0.5) is 17.2 Å². The predicted molar refractivity (Wildman–Crippen MR) is 132 cm³/mol. The third-order valence-electron chi connectivity index (χ3n) is 7.55. The molecule has 10 nitrogen and oxygen atoms in total. The number of hydrogen-bond acceptors (Lipinski definition) is 9. The van der Waals surface area contributed by atoms with Crippen LogP contribution in [-0.4, -0.2) is 66.3 Å². The zero-order valence-corrected chi connectivity index (χ0v) is 19.9. The molecule has 3 aliphatic rings. The fourth-order valence-corrected chi connectivity index (χ4v) is 5.69. The highest BCUT2D eigenvalue weighted by Gasteiger charge is 2.36. The van der Waals surface area contributed by atoms with Crippen molar-refractivity contribution in [1.29, 1.82) is 0 Å². The molecule has 3 fully saturated rings. The van der Waals surface area contributed by atoms with E-state index in [4.69, 9.17) is 9.47 Å². The van der Waals surface area contributed by atoms with Crippen LogP contribution in [-0.2, 0) is 9.47 Å². The van der Waals surface area contributed by atoms with Gasteiger partial charge in [-0.1, -0.05) is 0 Å². The normalized spacial score (nSPS) is 24.4. The van der Waals surface area contributed by atoms with Crippen LogP contribution in [0.15, 0.2) is 36.8 Å². The largest absolute Gasteiger partial charge is 0.464 e. The number of nitrogens with zero attached hydrogens (tertiary/aromatic N) is 4. The van der Waals surface area contributed by atoms with Crippen molar-refractivity contribution < 1.29 is 14.3 Å². The lowest BCUT2D eigenvalue weighted by atomic mass is 9.76. The van der Waals surface area contributed by atoms with Gasteiger partial charge in [-0.05, 0) is 54.9 Å². The Balaban J connectivity index is 1.34. The summed E-state index contributed by atoms with van der Waals surface area (Å²) in [5.41, 5.74) is 10.8. The van der Waals surface area contributed by atoms with Crippen LogP contribution < -0.4 is 21.1 Å². The summed E-state index contributed by atoms with van der Waals surface area (Å²) < 4.78 is 12.5. The highest BCUT2D eigenvalue weighted by Crippen LogP contribution is 2.40. The molecule has 3 aromatic rings. The Bertz CT molecular complexity index is 1210. The van der Waals surface area contributed by atoms with Crippen LogP contribution in [0.25, 0.3) is 5.65 Å². The van der Waals surface area contributed by atoms with Crippen LogP contribution >= 0.6 is 0 Å². The molecule has 6 rings (SSSR count). The van der Waals surface area contributed by atoms with Gasteiger partial charge in [0, 0.05) is 38.1 Å². The molecule has 5 heterocycles. The summed E-state index contributed by atoms with van der Waals surface area (Å²) in [5, 5.41) is 3.46. The zero-order valence-electron chi connectivity index (χ0n) is 19.9. The minimum Gasteiger partial charge on any atom is -0.464 e. The molecule has 3 unspecified atom stereocenters. The molecule has 3 N–H and O–H groups in total. The molecule has 10 heteroatoms. The molecule has 2 saturated heterocycles. The van der Waals surface area contributed by atoms with Gasteiger partial charge in [-0.25, -0.2) is 14.8 Å². The summed E-state index contributed by atoms with van der Waals surface area (Å²) in [6.07, 6.45) is 8.54. The van der Waals surface area contributed by atoms with Crippen molar-refractivity contribution in [3.8, 4) is 0 Å². The molecule has 184 valence electrons. The standard InChI is InChI=1S/C25H31N7O3/c1-34-25(33)23-19(16-2-3-17-14-28-30-20(17)12-16)13-21(24-26-6-7-32(23)24)29-22-5-4-18(15-27-22)31-8-10-35-11-9-31/h4-7,13,15-17,20,28,30H,2-3,8-12,14H2,1H3,(H,27,29). The van der Waals surface area contributed by atoms with Gasteiger partial charge in [0.25, 0.3) is 0 Å². The summed E-state index contributed by atoms with van der Waals surface area (Å²) in [7, 11) is 1.43. The third kappa shape index (κ3) is 4.22. The number of morpholine rings is 1. The number of carbonyl (C=O) groups excluding carboxylic acids is 1. The molecule has 3 aromatic heterocycles. The summed E-state index contributed by atoms with van der Waals surface area (Å²) in [5.74, 6) is 1.26. The lowest BCUT2D eigenvalue weighted by Gasteiger charge is -2.32. The fraction of sp³-hybridized carbons (Fsp3) is 0.480. The lowest BCUT2D eigenvalue weighted by molar-refractivity contribution is 0.0589. The Morgan fingerprint density at radius 2 is 2.11 bits per heavy atom. The van der Waals surface area contributed by atoms with Crippen molar-refractivity contribution in [2.75, 3.05) is 50.2 Å². The number of hydrogen-bond donors (Lipinski definition) is 3. The number of anilines is 3. The van der Waals surface area contributed by atoms with Crippen LogP contribution in [0.2, 0.25) is 0 Å². The van der Waals surface area contributed by atoms with Crippen molar-refractivity contribution >= 4 is 28.8 Å². The topological polar surface area (TPSA) is 105 Å². The molecule has 1 aliphatic carbocycles. The smallest absolute Gasteiger partial charge is 0.355 e. The van der Waals surface area contributed by atoms with E-state index < -0.39 is 0 Å². The number of carbonyl (C=O) groups is 1. The summed E-state index contributed by atoms with van der Waals surface area (Å²) in [4.78, 5) is 24.4. The average molecular weight is 478 g/mol. The zero-order chi connectivity index (χ0) is 23.8. The molecule has 0 bridgehead atoms. The van der Waals surface area contributed by atoms with Crippen LogP contribution in [0, 0.1) is 5.92 Å². The maximum Gasteiger partial charge on any atom is 0.355 e. The maximum absolute atomic E-state index is 12.9. The van der Waals surface area contributed by atoms with E-state index in [1.807, 2.05) is 22.9 Å². The molecule has 0 radical (unpaired) electrons. The molecular weight excluding hydrogens is 446 g/mol. The minimum atomic E-state index is -0.345. The van der Waals surface area contributed by atoms with E-state index in [1.54, 1.807) is 6.20 Å². The number of ether oxygens (including phenoxy) is 2. The number of rotatable bonds is 5. The van der Waals surface area contributed by atoms with Gasteiger partial charge < -0.3 is 19.7 Å². The van der Waals surface area contributed by atoms with Gasteiger partial charge in [-0.2, -0.15) is 0 Å². The molecule has 0 aromatic carbocycles. The fourth-order valence-electron chi connectivity index (χ4n) is 5.69. The lowest BCUT2D eigenvalue weighted by Crippen LogP contribution is -2.36. The summed E-state index contributed by atoms with van der Waals surface area (Å²) >= 11 is 0. The highest BCUT2D eigenvalue weighted by molar-refractivity contribution is 5.92. The molecule has 0 spiro atoms. The Labute approximate surface area is 204 Å². The van der Waals surface area contributed by atoms with Crippen molar-refractivity contribution in [2.24, 2.45) is 5.92 Å². The van der Waals surface area contributed by atoms with E-state index >= 15 is 0 Å². The second-order valence-corrected chi connectivity index (χ2v) is 9.50. The van der Waals surface area contributed by atoms with Crippen molar-refractivity contribution in [2.45, 2.75) is 31.2 Å². The number of nitrogens with one attached hydrogen (secondary N) is 3. The van der Waals surface area contributed by atoms with Crippen LogP contribution in [0.5, 0.6) is 0 Å². The second kappa shape index (κ2) is 9.44. The first-order valence-electron chi connectivity index (χ1n) is 12.3. The monoisotopic (exact) mass is 477 g/mol. The number of hydrazine groups is 1. The quantitative estimate of drug-likeness (QED) is 0.478. The Morgan fingerprint density at radius 3 is 2.91 bits per heavy atom. The first kappa shape index (κ1) is 22.3. The highest BCUT2D eigenvalue weighted by atomic mass is 16.5. The minimum absolute atomic E-state index is 0.238. The average Bonchev–Trinajstić information content (AvgIpc) is 3.58. The van der Waals surface area contributed by atoms with Gasteiger partial charge >= 0.3 is 5.97 Å². The van der Waals surface area contributed by atoms with Crippen molar-refractivity contribution in [3.63, 3.8) is 0 Å². The van der Waals surface area contributed by atoms with Gasteiger partial charge in [0.05, 0.1) is 37.9 Å². The first-order chi connectivity index (χ1) is 17.2. The summed E-state index contributed by atoms with van der Waals surface area (Å²) in [6.45, 7) is 4.22. The van der Waals surface area contributed by atoms with Crippen molar-refractivity contribution in [3.05, 3.63) is 48.0 Å². The first-order valence-corrected chi connectivity index (χ1v) is 12.3. The van der Waals surface area contributed by atoms with Gasteiger partial charge in [0.15, 0.2) is 5.65 Å². The van der Waals surface area contributed by atoms with Crippen LogP contribution in [0.1, 0.15) is 41.2 Å². The number of pyridine rings is 2. The molecule has 1 saturated carbocycles. The molecule has 35 heavy (non-hydrogen) atoms. The van der Waals surface area contributed by atoms with Gasteiger partial charge in [-0.3, -0.25) is 15.3 Å². The van der Waals surface area contributed by atoms with Gasteiger partial charge in [0.2, 0.25) is 0 Å². The summed E-state index contributed by atoms with van der Waals surface area (Å²) in [6, 6.07) is 6.54. The SMILES string of the molecule is COC(=O)c1c(C2CCC3CNNC3C2)cc(Nc2ccc(N3CCOCC3)cn2)c2nccn12. The van der Waals surface area contributed by atoms with Gasteiger partial charge in [-0.15, -0.1) is 0 Å². The van der Waals surface area contributed by atoms with E-state index in [0.717, 1.165) is 74.9 Å². The number of imidazole rings is 1. The Hall–Kier alpha value is -3.21. The van der Waals surface area contributed by atoms with E-state index in [9.17, 15) is 4.79 Å². The molecule has 3 atom stereocenters. The number of methoxy groups -OCH3 is 1. The van der Waals surface area contributed by atoms with E-state index in [-0.39, 0.29) is 11.9 Å². The third-order valence-corrected chi connectivity index (χ3v) is 7.55. The van der Waals surface area contributed by atoms with Crippen molar-refractivity contribution in [1.82, 2.24) is 25.2 Å². The van der Waals surface area contributed by atoms with Crippen LogP contribution in [0.3, 0.4) is 0 Å². The predicted octanol–water partition coefficient (Wildman–Crippen LogP) is 2.46. The second-order valence-electron chi connectivity index (χ2n) is 9.50. The molecular formula is C25H31N7O3. The van der Waals surface area contributed by atoms with E-state index in [2.05, 4.69) is 43.2 Å². The molecule has 2 aliphatic heterocycles. The number of esters is 1. The molecule has 0 amide bonds. The van der Waals surface area contributed by atoms with Gasteiger partial charge in [0.1, 0.15) is 11.5 Å².